The smallest absolute Gasteiger partial charge is 0.645 e. The van der Waals surface area contributed by atoms with Gasteiger partial charge >= 0.3 is 17.1 Å². The molecular weight excluding hydrogens is 688 g/mol. The molecule has 1 radical (unpaired) electrons. The first-order chi connectivity index (χ1) is 24.7. The number of benzene rings is 4. The van der Waals surface area contributed by atoms with Gasteiger partial charge in [-0.15, -0.1) is 0 Å². The maximum atomic E-state index is 6.14. The van der Waals surface area contributed by atoms with Gasteiger partial charge in [0.05, 0.1) is 12.5 Å². The quantitative estimate of drug-likeness (QED) is 0.202. The molecule has 2 fully saturated rings. The van der Waals surface area contributed by atoms with Crippen LogP contribution in [0.1, 0.15) is 75.1 Å². The predicted octanol–water partition coefficient (Wildman–Crippen LogP) is 7.86. The Balaban J connectivity index is 0.000000126. The van der Waals surface area contributed by atoms with E-state index in [1.54, 1.807) is 0 Å². The van der Waals surface area contributed by atoms with Crippen molar-refractivity contribution in [2.24, 2.45) is 9.98 Å². The van der Waals surface area contributed by atoms with Gasteiger partial charge in [-0.2, -0.15) is 0 Å². The van der Waals surface area contributed by atoms with Gasteiger partial charge in [0.25, 0.3) is 0 Å². The number of ether oxygens (including phenoxy) is 4. The molecule has 1 unspecified atom stereocenters. The number of fused-ring (bicyclic) bond motifs is 12. The molecule has 4 heterocycles. The van der Waals surface area contributed by atoms with Gasteiger partial charge in [-0.1, -0.05) is 126 Å². The number of aliphatic imine (C=N–C) groups is 2. The molecule has 0 bridgehead atoms. The molecule has 259 valence electrons. The average molecular weight is 724 g/mol. The minimum absolute atomic E-state index is 0. The van der Waals surface area contributed by atoms with Gasteiger partial charge in [0.1, 0.15) is 24.3 Å². The van der Waals surface area contributed by atoms with E-state index in [4.69, 9.17) is 39.6 Å². The van der Waals surface area contributed by atoms with E-state index < -0.39 is 0 Å². The van der Waals surface area contributed by atoms with Gasteiger partial charge in [-0.25, -0.2) is 9.98 Å². The van der Waals surface area contributed by atoms with Crippen LogP contribution in [0.2, 0.25) is 0 Å². The second kappa shape index (κ2) is 12.4. The van der Waals surface area contributed by atoms with Gasteiger partial charge in [0.15, 0.2) is 11.8 Å². The zero-order chi connectivity index (χ0) is 32.8. The van der Waals surface area contributed by atoms with Crippen LogP contribution in [0.3, 0.4) is 0 Å². The van der Waals surface area contributed by atoms with Crippen LogP contribution in [0, 0.1) is 0 Å². The third-order valence-electron chi connectivity index (χ3n) is 11.5. The van der Waals surface area contributed by atoms with Crippen molar-refractivity contribution < 1.29 is 36.0 Å². The molecule has 4 aromatic carbocycles. The van der Waals surface area contributed by atoms with Crippen molar-refractivity contribution in [1.29, 1.82) is 0 Å². The van der Waals surface area contributed by atoms with E-state index in [1.807, 2.05) is 6.08 Å². The number of rotatable bonds is 3. The van der Waals surface area contributed by atoms with Gasteiger partial charge in [0.2, 0.25) is 0 Å². The van der Waals surface area contributed by atoms with Gasteiger partial charge in [-0.3, -0.25) is 0 Å². The average Bonchev–Trinajstić information content (AvgIpc) is 3.98. The Bertz CT molecular complexity index is 2040. The van der Waals surface area contributed by atoms with Crippen LogP contribution < -0.4 is 0 Å². The Hall–Kier alpha value is -4.40. The van der Waals surface area contributed by atoms with E-state index in [2.05, 4.69) is 97.1 Å². The molecule has 0 amide bonds. The number of hydrogen-bond donors (Lipinski definition) is 0. The second-order valence-electron chi connectivity index (χ2n) is 14.4. The summed E-state index contributed by atoms with van der Waals surface area (Å²) in [5, 5.41) is 9.65. The second-order valence-corrected chi connectivity index (χ2v) is 14.4. The Morgan fingerprint density at radius 1 is 0.549 bits per heavy atom. The summed E-state index contributed by atoms with van der Waals surface area (Å²) in [6.07, 6.45) is 6.61. The molecule has 0 saturated carbocycles. The molecule has 2 saturated heterocycles. The zero-order valence-electron chi connectivity index (χ0n) is 27.8. The normalized spacial score (nSPS) is 32.5. The standard InChI is InChI=1S/2C21H18N2O2.Cu/c2*1-3-7-14-12(5-1)9-16-20(14)22-18(24-16)11-19-23-21-15-8-4-2-6-13(15)10-17(21)25-19;/h1-8,16-17,20-21H,9-11H2;1-8,11,16-18,20-21H,9-10H2;/q;-2;+2/t16-,17-,20+,21+;16-,17-,18?,20+,21+;/m00./s1. The fourth-order valence-corrected chi connectivity index (χ4v) is 9.23. The number of nitrogens with zero attached hydrogens (tertiary/aromatic N) is 4. The van der Waals surface area contributed by atoms with Crippen molar-refractivity contribution in [2.45, 2.75) is 86.9 Å². The van der Waals surface area contributed by atoms with Gasteiger partial charge in [0, 0.05) is 31.2 Å². The monoisotopic (exact) mass is 723 g/mol. The summed E-state index contributed by atoms with van der Waals surface area (Å²) < 4.78 is 24.4. The maximum Gasteiger partial charge on any atom is 2.00 e. The van der Waals surface area contributed by atoms with E-state index in [0.29, 0.717) is 12.3 Å². The largest absolute Gasteiger partial charge is 2.00 e. The van der Waals surface area contributed by atoms with Crippen LogP contribution >= 0.6 is 0 Å². The maximum absolute atomic E-state index is 6.14. The summed E-state index contributed by atoms with van der Waals surface area (Å²) in [5.41, 5.74) is 10.7. The fourth-order valence-electron chi connectivity index (χ4n) is 9.23. The van der Waals surface area contributed by atoms with Crippen LogP contribution in [0.4, 0.5) is 0 Å². The first-order valence-electron chi connectivity index (χ1n) is 17.9. The molecule has 9 atom stereocenters. The minimum atomic E-state index is -0.254. The Labute approximate surface area is 307 Å². The fraction of sp³-hybridized carbons (Fsp3) is 0.333. The summed E-state index contributed by atoms with van der Waals surface area (Å²) in [4.78, 5) is 9.65. The van der Waals surface area contributed by atoms with E-state index in [1.165, 1.54) is 44.5 Å². The molecule has 9 heteroatoms. The zero-order valence-corrected chi connectivity index (χ0v) is 28.7. The molecule has 0 N–H and O–H groups in total. The molecule has 8 aliphatic rings. The first kappa shape index (κ1) is 31.3. The molecule has 0 aromatic heterocycles. The molecule has 12 rings (SSSR count). The Morgan fingerprint density at radius 3 is 1.61 bits per heavy atom. The molecule has 8 nitrogen and oxygen atoms in total. The number of hydrogen-bond acceptors (Lipinski definition) is 6. The van der Waals surface area contributed by atoms with Crippen molar-refractivity contribution >= 4 is 11.8 Å². The van der Waals surface area contributed by atoms with Crippen molar-refractivity contribution in [2.75, 3.05) is 0 Å². The third kappa shape index (κ3) is 5.32. The van der Waals surface area contributed by atoms with Gasteiger partial charge < -0.3 is 29.6 Å². The van der Waals surface area contributed by atoms with Crippen LogP contribution in [0.25, 0.3) is 10.6 Å². The van der Waals surface area contributed by atoms with Crippen molar-refractivity contribution in [1.82, 2.24) is 0 Å². The van der Waals surface area contributed by atoms with Crippen LogP contribution in [0.5, 0.6) is 0 Å². The van der Waals surface area contributed by atoms with Crippen molar-refractivity contribution in [3.05, 3.63) is 164 Å². The molecule has 51 heavy (non-hydrogen) atoms. The van der Waals surface area contributed by atoms with E-state index in [0.717, 1.165) is 37.5 Å². The van der Waals surface area contributed by atoms with Gasteiger partial charge in [-0.05, 0) is 46.0 Å². The molecule has 0 spiro atoms. The van der Waals surface area contributed by atoms with Crippen molar-refractivity contribution in [3.8, 4) is 0 Å². The minimum Gasteiger partial charge on any atom is -0.645 e. The topological polar surface area (TPSA) is 89.8 Å². The summed E-state index contributed by atoms with van der Waals surface area (Å²) >= 11 is 0. The SMILES string of the molecule is C(=C1[N-][C@@H]2c3ccccc3C[C@@H]2O1)C1[N-][C@@H]2c3ccccc3C[C@@H]2O1.[Cu+2].c1ccc2c(c1)C[C@@H]1OC(CC3=N[C@@H]4c5ccccc5C[C@@H]4O3)=N[C@H]21. The Morgan fingerprint density at radius 2 is 1.02 bits per heavy atom. The molecule has 4 aromatic rings. The summed E-state index contributed by atoms with van der Waals surface area (Å²) in [6.45, 7) is 0. The Kier molecular flexibility index (Phi) is 7.61. The van der Waals surface area contributed by atoms with E-state index >= 15 is 0 Å². The third-order valence-corrected chi connectivity index (χ3v) is 11.5. The summed E-state index contributed by atoms with van der Waals surface area (Å²) in [7, 11) is 0. The van der Waals surface area contributed by atoms with E-state index in [9.17, 15) is 0 Å². The van der Waals surface area contributed by atoms with Crippen LogP contribution in [-0.4, -0.2) is 42.4 Å². The van der Waals surface area contributed by atoms with Crippen LogP contribution in [-0.2, 0) is 61.7 Å². The molecule has 4 aliphatic heterocycles. The predicted molar refractivity (Wildman–Crippen MR) is 189 cm³/mol. The van der Waals surface area contributed by atoms with Crippen molar-refractivity contribution in [3.63, 3.8) is 0 Å². The summed E-state index contributed by atoms with van der Waals surface area (Å²) in [5.74, 6) is 2.24. The van der Waals surface area contributed by atoms with Crippen LogP contribution in [0.15, 0.2) is 119 Å². The molecular formula is C42H36CuN4O4. The first-order valence-corrected chi connectivity index (χ1v) is 17.9. The summed E-state index contributed by atoms with van der Waals surface area (Å²) in [6, 6.07) is 34.6. The van der Waals surface area contributed by atoms with E-state index in [-0.39, 0.29) is 71.9 Å². The molecule has 4 aliphatic carbocycles.